The number of carbonyl (C=O) groups excluding carboxylic acids is 1. The molecule has 0 saturated heterocycles. The summed E-state index contributed by atoms with van der Waals surface area (Å²) >= 11 is 2.77. The van der Waals surface area contributed by atoms with Crippen molar-refractivity contribution in [3.05, 3.63) is 105 Å². The van der Waals surface area contributed by atoms with E-state index in [9.17, 15) is 14.9 Å². The van der Waals surface area contributed by atoms with Crippen molar-refractivity contribution < 1.29 is 9.53 Å². The molecule has 174 valence electrons. The minimum Gasteiger partial charge on any atom is -0.438 e. The summed E-state index contributed by atoms with van der Waals surface area (Å²) in [4.78, 5) is 29.6. The lowest BCUT2D eigenvalue weighted by molar-refractivity contribution is 0.0950. The molecule has 5 rings (SSSR count). The monoisotopic (exact) mass is 500 g/mol. The number of hydrogen-bond donors (Lipinski definition) is 3. The molecule has 1 unspecified atom stereocenters. The molecule has 2 aromatic heterocycles. The molecule has 0 fully saturated rings. The number of pyridine rings is 1. The number of nitrogens with two attached hydrogens (primary N) is 1. The van der Waals surface area contributed by atoms with Crippen molar-refractivity contribution in [1.29, 1.82) is 5.26 Å². The van der Waals surface area contributed by atoms with Crippen molar-refractivity contribution in [3.63, 3.8) is 0 Å². The van der Waals surface area contributed by atoms with Gasteiger partial charge in [0.15, 0.2) is 5.75 Å². The first kappa shape index (κ1) is 22.8. The Balaban J connectivity index is 1.66. The summed E-state index contributed by atoms with van der Waals surface area (Å²) in [5.74, 6) is -0.726. The zero-order valence-electron chi connectivity index (χ0n) is 18.6. The van der Waals surface area contributed by atoms with E-state index in [0.717, 1.165) is 15.3 Å². The van der Waals surface area contributed by atoms with Crippen LogP contribution >= 0.6 is 23.1 Å². The number of fused-ring (bicyclic) bond motifs is 3. The Morgan fingerprint density at radius 1 is 1.20 bits per heavy atom. The lowest BCUT2D eigenvalue weighted by atomic mass is 9.84. The standard InChI is InChI=1S/C26H20N4O3S2/c1-34-26-19(24(31)29-13-14-8-4-2-5-9-14)20-22(35-26)21-18(25(32)30-20)17(15-10-6-3-7-11-15)16(12-27)23(28)33-21/h2-11,17H,13,28H2,1H3,(H,29,31)(H,30,32). The van der Waals surface area contributed by atoms with Crippen molar-refractivity contribution in [1.82, 2.24) is 10.3 Å². The molecule has 1 amide bonds. The molecule has 0 aliphatic carbocycles. The van der Waals surface area contributed by atoms with Crippen LogP contribution in [-0.2, 0) is 6.54 Å². The van der Waals surface area contributed by atoms with Gasteiger partial charge in [-0.15, -0.1) is 23.1 Å². The normalized spacial score (nSPS) is 14.8. The Kier molecular flexibility index (Phi) is 6.07. The number of benzene rings is 2. The zero-order valence-corrected chi connectivity index (χ0v) is 20.3. The smallest absolute Gasteiger partial charge is 0.256 e. The highest BCUT2D eigenvalue weighted by Gasteiger charge is 2.36. The van der Waals surface area contributed by atoms with Gasteiger partial charge in [0.2, 0.25) is 5.88 Å². The van der Waals surface area contributed by atoms with Crippen LogP contribution in [0.15, 0.2) is 81.1 Å². The number of nitrogens with one attached hydrogen (secondary N) is 2. The van der Waals surface area contributed by atoms with E-state index in [-0.39, 0.29) is 23.1 Å². The predicted octanol–water partition coefficient (Wildman–Crippen LogP) is 4.46. The number of hydrogen-bond acceptors (Lipinski definition) is 7. The number of amides is 1. The van der Waals surface area contributed by atoms with Gasteiger partial charge in [-0.2, -0.15) is 5.26 Å². The van der Waals surface area contributed by atoms with E-state index in [1.807, 2.05) is 66.9 Å². The Bertz CT molecular complexity index is 1570. The topological polar surface area (TPSA) is 121 Å². The molecule has 0 bridgehead atoms. The third-order valence-corrected chi connectivity index (χ3v) is 8.13. The molecule has 1 aliphatic heterocycles. The molecule has 4 N–H and O–H groups in total. The first-order chi connectivity index (χ1) is 17.0. The maximum absolute atomic E-state index is 13.4. The number of aromatic amines is 1. The Morgan fingerprint density at radius 2 is 1.89 bits per heavy atom. The van der Waals surface area contributed by atoms with Crippen molar-refractivity contribution in [2.75, 3.05) is 6.26 Å². The summed E-state index contributed by atoms with van der Waals surface area (Å²) in [5, 5.41) is 12.7. The number of H-pyrrole nitrogens is 1. The van der Waals surface area contributed by atoms with Crippen LogP contribution in [0.3, 0.4) is 0 Å². The van der Waals surface area contributed by atoms with Crippen molar-refractivity contribution in [2.24, 2.45) is 5.73 Å². The quantitative estimate of drug-likeness (QED) is 0.348. The lowest BCUT2D eigenvalue weighted by Crippen LogP contribution is -2.28. The van der Waals surface area contributed by atoms with Crippen LogP contribution in [0.5, 0.6) is 5.75 Å². The van der Waals surface area contributed by atoms with Crippen LogP contribution in [0, 0.1) is 11.3 Å². The van der Waals surface area contributed by atoms with Gasteiger partial charge in [-0.1, -0.05) is 60.7 Å². The molecule has 7 nitrogen and oxygen atoms in total. The molecule has 1 aliphatic rings. The highest BCUT2D eigenvalue weighted by molar-refractivity contribution is 8.00. The molecule has 9 heteroatoms. The fraction of sp³-hybridized carbons (Fsp3) is 0.115. The van der Waals surface area contributed by atoms with E-state index < -0.39 is 11.5 Å². The van der Waals surface area contributed by atoms with Crippen molar-refractivity contribution in [2.45, 2.75) is 16.7 Å². The van der Waals surface area contributed by atoms with Crippen LogP contribution in [0.25, 0.3) is 10.2 Å². The Labute approximate surface area is 209 Å². The summed E-state index contributed by atoms with van der Waals surface area (Å²) in [6.07, 6.45) is 1.87. The van der Waals surface area contributed by atoms with Gasteiger partial charge in [0.1, 0.15) is 11.6 Å². The van der Waals surface area contributed by atoms with E-state index in [1.165, 1.54) is 23.1 Å². The molecule has 0 radical (unpaired) electrons. The number of rotatable bonds is 5. The van der Waals surface area contributed by atoms with Gasteiger partial charge in [-0.25, -0.2) is 0 Å². The van der Waals surface area contributed by atoms with Crippen molar-refractivity contribution in [3.8, 4) is 11.8 Å². The van der Waals surface area contributed by atoms with Crippen LogP contribution in [0.1, 0.15) is 33.0 Å². The van der Waals surface area contributed by atoms with Crippen molar-refractivity contribution >= 4 is 39.2 Å². The maximum Gasteiger partial charge on any atom is 0.256 e. The molecular weight excluding hydrogens is 480 g/mol. The van der Waals surface area contributed by atoms with Crippen LogP contribution in [0.2, 0.25) is 0 Å². The maximum atomic E-state index is 13.4. The Morgan fingerprint density at radius 3 is 2.54 bits per heavy atom. The van der Waals surface area contributed by atoms with Gasteiger partial charge in [-0.05, 0) is 17.4 Å². The minimum absolute atomic E-state index is 0.0464. The van der Waals surface area contributed by atoms with Crippen LogP contribution in [0.4, 0.5) is 0 Å². The third-order valence-electron chi connectivity index (χ3n) is 5.83. The second-order valence-corrected chi connectivity index (χ2v) is 9.97. The molecule has 3 heterocycles. The first-order valence-corrected chi connectivity index (χ1v) is 12.8. The summed E-state index contributed by atoms with van der Waals surface area (Å²) in [5.41, 5.74) is 8.73. The summed E-state index contributed by atoms with van der Waals surface area (Å²) in [7, 11) is 0. The van der Waals surface area contributed by atoms with E-state index >= 15 is 0 Å². The summed E-state index contributed by atoms with van der Waals surface area (Å²) in [6, 6.07) is 20.9. The molecule has 4 aromatic rings. The molecule has 0 saturated carbocycles. The molecule has 1 atom stereocenters. The molecule has 35 heavy (non-hydrogen) atoms. The largest absolute Gasteiger partial charge is 0.438 e. The van der Waals surface area contributed by atoms with Gasteiger partial charge in [-0.3, -0.25) is 9.59 Å². The number of aromatic nitrogens is 1. The first-order valence-electron chi connectivity index (χ1n) is 10.7. The predicted molar refractivity (Wildman–Crippen MR) is 138 cm³/mol. The van der Waals surface area contributed by atoms with Gasteiger partial charge in [0, 0.05) is 6.54 Å². The zero-order chi connectivity index (χ0) is 24.5. The number of nitriles is 1. The van der Waals surface area contributed by atoms with Gasteiger partial charge in [0.25, 0.3) is 11.5 Å². The number of thiophene rings is 1. The molecular formula is C26H20N4O3S2. The molecule has 2 aromatic carbocycles. The second-order valence-electron chi connectivity index (χ2n) is 7.87. The van der Waals surface area contributed by atoms with E-state index in [2.05, 4.69) is 16.4 Å². The SMILES string of the molecule is CSc1sc2c3c(c(=O)[nH]c2c1C(=O)NCc1ccccc1)C(c1ccccc1)C(C#N)=C(N)O3. The van der Waals surface area contributed by atoms with Crippen LogP contribution in [-0.4, -0.2) is 17.1 Å². The highest BCUT2D eigenvalue weighted by atomic mass is 32.2. The fourth-order valence-corrected chi connectivity index (χ4v) is 6.19. The number of thioether (sulfide) groups is 1. The number of nitrogens with zero attached hydrogens (tertiary/aromatic N) is 1. The summed E-state index contributed by atoms with van der Waals surface area (Å²) in [6.45, 7) is 0.355. The van der Waals surface area contributed by atoms with E-state index in [0.29, 0.717) is 27.9 Å². The van der Waals surface area contributed by atoms with Crippen LogP contribution < -0.4 is 21.3 Å². The van der Waals surface area contributed by atoms with Gasteiger partial charge < -0.3 is 20.8 Å². The Hall–Kier alpha value is -4.00. The van der Waals surface area contributed by atoms with Gasteiger partial charge in [0.05, 0.1) is 31.5 Å². The summed E-state index contributed by atoms with van der Waals surface area (Å²) < 4.78 is 7.23. The second kappa shape index (κ2) is 9.33. The average molecular weight is 501 g/mol. The number of carbonyl (C=O) groups is 1. The fourth-order valence-electron chi connectivity index (χ4n) is 4.23. The van der Waals surface area contributed by atoms with E-state index in [4.69, 9.17) is 10.5 Å². The number of allylic oxidation sites excluding steroid dienone is 1. The average Bonchev–Trinajstić information content (AvgIpc) is 3.26. The minimum atomic E-state index is -0.673. The van der Waals surface area contributed by atoms with E-state index in [1.54, 1.807) is 0 Å². The molecule has 0 spiro atoms. The van der Waals surface area contributed by atoms with Gasteiger partial charge >= 0.3 is 0 Å². The lowest BCUT2D eigenvalue weighted by Gasteiger charge is -2.25. The highest BCUT2D eigenvalue weighted by Crippen LogP contribution is 2.47. The number of ether oxygens (including phenoxy) is 1. The third kappa shape index (κ3) is 3.97.